The maximum atomic E-state index is 10.1. The SMILES string of the molecule is Cc1nn(C)cc1/C=C/C=C/C(=O)O. The quantitative estimate of drug-likeness (QED) is 0.581. The molecule has 0 bridgehead atoms. The molecular formula is C10H12N2O2. The number of carboxylic acid groups (broad SMARTS) is 1. The van der Waals surface area contributed by atoms with Gasteiger partial charge in [0.25, 0.3) is 0 Å². The number of aliphatic carboxylic acids is 1. The third kappa shape index (κ3) is 2.90. The van der Waals surface area contributed by atoms with E-state index in [-0.39, 0.29) is 0 Å². The summed E-state index contributed by atoms with van der Waals surface area (Å²) in [6, 6.07) is 0. The highest BCUT2D eigenvalue weighted by molar-refractivity contribution is 5.80. The van der Waals surface area contributed by atoms with Crippen LogP contribution in [0.2, 0.25) is 0 Å². The number of carboxylic acids is 1. The van der Waals surface area contributed by atoms with E-state index in [9.17, 15) is 4.79 Å². The van der Waals surface area contributed by atoms with Gasteiger partial charge >= 0.3 is 5.97 Å². The third-order valence-corrected chi connectivity index (χ3v) is 1.68. The first-order valence-corrected chi connectivity index (χ1v) is 4.17. The third-order valence-electron chi connectivity index (χ3n) is 1.68. The van der Waals surface area contributed by atoms with Gasteiger partial charge in [0.15, 0.2) is 0 Å². The largest absolute Gasteiger partial charge is 0.478 e. The molecule has 0 aromatic carbocycles. The molecule has 0 unspecified atom stereocenters. The number of allylic oxidation sites excluding steroid dienone is 2. The first kappa shape index (κ1) is 10.2. The second-order valence-corrected chi connectivity index (χ2v) is 2.90. The molecule has 1 aromatic heterocycles. The van der Waals surface area contributed by atoms with E-state index in [0.29, 0.717) is 0 Å². The molecule has 0 aliphatic carbocycles. The molecule has 1 rings (SSSR count). The van der Waals surface area contributed by atoms with E-state index in [2.05, 4.69) is 5.10 Å². The number of hydrogen-bond acceptors (Lipinski definition) is 2. The maximum absolute atomic E-state index is 10.1. The number of hydrogen-bond donors (Lipinski definition) is 1. The van der Waals surface area contributed by atoms with E-state index in [1.807, 2.05) is 26.2 Å². The second kappa shape index (κ2) is 4.41. The Morgan fingerprint density at radius 1 is 1.57 bits per heavy atom. The molecular weight excluding hydrogens is 180 g/mol. The molecule has 0 spiro atoms. The lowest BCUT2D eigenvalue weighted by molar-refractivity contribution is -0.131. The molecule has 1 heterocycles. The van der Waals surface area contributed by atoms with Gasteiger partial charge in [-0.3, -0.25) is 4.68 Å². The van der Waals surface area contributed by atoms with Crippen LogP contribution >= 0.6 is 0 Å². The highest BCUT2D eigenvalue weighted by atomic mass is 16.4. The fourth-order valence-corrected chi connectivity index (χ4v) is 1.08. The van der Waals surface area contributed by atoms with Crippen molar-refractivity contribution in [3.8, 4) is 0 Å². The number of nitrogens with zero attached hydrogens (tertiary/aromatic N) is 2. The van der Waals surface area contributed by atoms with Crippen molar-refractivity contribution >= 4 is 12.0 Å². The zero-order valence-electron chi connectivity index (χ0n) is 8.14. The normalized spacial score (nSPS) is 11.6. The van der Waals surface area contributed by atoms with E-state index < -0.39 is 5.97 Å². The van der Waals surface area contributed by atoms with Crippen LogP contribution in [0.25, 0.3) is 6.08 Å². The fraction of sp³-hybridized carbons (Fsp3) is 0.200. The molecule has 1 aromatic rings. The topological polar surface area (TPSA) is 55.1 Å². The van der Waals surface area contributed by atoms with Crippen LogP contribution < -0.4 is 0 Å². The molecule has 4 nitrogen and oxygen atoms in total. The van der Waals surface area contributed by atoms with Crippen molar-refractivity contribution in [3.63, 3.8) is 0 Å². The van der Waals surface area contributed by atoms with E-state index in [4.69, 9.17) is 5.11 Å². The summed E-state index contributed by atoms with van der Waals surface area (Å²) in [7, 11) is 1.84. The highest BCUT2D eigenvalue weighted by Gasteiger charge is 1.96. The summed E-state index contributed by atoms with van der Waals surface area (Å²) in [6.45, 7) is 1.90. The summed E-state index contributed by atoms with van der Waals surface area (Å²) in [6.07, 6.45) is 7.94. The van der Waals surface area contributed by atoms with Crippen LogP contribution in [0.5, 0.6) is 0 Å². The fourth-order valence-electron chi connectivity index (χ4n) is 1.08. The average molecular weight is 192 g/mol. The predicted molar refractivity (Wildman–Crippen MR) is 53.8 cm³/mol. The first-order valence-electron chi connectivity index (χ1n) is 4.17. The number of rotatable bonds is 3. The zero-order chi connectivity index (χ0) is 10.6. The van der Waals surface area contributed by atoms with Gasteiger partial charge in [0.2, 0.25) is 0 Å². The van der Waals surface area contributed by atoms with Crippen molar-refractivity contribution in [2.24, 2.45) is 7.05 Å². The summed E-state index contributed by atoms with van der Waals surface area (Å²) in [5.41, 5.74) is 1.91. The van der Waals surface area contributed by atoms with Gasteiger partial charge in [-0.15, -0.1) is 0 Å². The van der Waals surface area contributed by atoms with Crippen LogP contribution in [0.4, 0.5) is 0 Å². The Bertz CT molecular complexity index is 389. The molecule has 0 aliphatic heterocycles. The summed E-state index contributed by atoms with van der Waals surface area (Å²) in [5, 5.41) is 12.5. The van der Waals surface area contributed by atoms with E-state index in [1.165, 1.54) is 6.08 Å². The van der Waals surface area contributed by atoms with Gasteiger partial charge in [0.05, 0.1) is 5.69 Å². The van der Waals surface area contributed by atoms with Crippen molar-refractivity contribution in [2.75, 3.05) is 0 Å². The summed E-state index contributed by atoms with van der Waals surface area (Å²) in [4.78, 5) is 10.1. The molecule has 0 aliphatic rings. The molecule has 0 atom stereocenters. The average Bonchev–Trinajstić information content (AvgIpc) is 2.39. The lowest BCUT2D eigenvalue weighted by Crippen LogP contribution is -1.86. The van der Waals surface area contributed by atoms with Crippen LogP contribution in [0.3, 0.4) is 0 Å². The van der Waals surface area contributed by atoms with Crippen LogP contribution in [0, 0.1) is 6.92 Å². The Morgan fingerprint density at radius 2 is 2.29 bits per heavy atom. The Balaban J connectivity index is 2.69. The number of aromatic nitrogens is 2. The molecule has 0 radical (unpaired) electrons. The second-order valence-electron chi connectivity index (χ2n) is 2.90. The van der Waals surface area contributed by atoms with Gasteiger partial charge in [-0.1, -0.05) is 18.2 Å². The molecule has 0 saturated carbocycles. The number of carbonyl (C=O) groups is 1. The minimum absolute atomic E-state index is 0.924. The molecule has 0 amide bonds. The van der Waals surface area contributed by atoms with E-state index >= 15 is 0 Å². The van der Waals surface area contributed by atoms with E-state index in [1.54, 1.807) is 10.8 Å². The van der Waals surface area contributed by atoms with Crippen molar-refractivity contribution in [3.05, 3.63) is 35.7 Å². The molecule has 4 heteroatoms. The first-order chi connectivity index (χ1) is 6.59. The van der Waals surface area contributed by atoms with Crippen LogP contribution in [0.1, 0.15) is 11.3 Å². The van der Waals surface area contributed by atoms with Gasteiger partial charge in [-0.25, -0.2) is 4.79 Å². The van der Waals surface area contributed by atoms with Crippen molar-refractivity contribution in [2.45, 2.75) is 6.92 Å². The molecule has 0 fully saturated rings. The van der Waals surface area contributed by atoms with Crippen molar-refractivity contribution in [1.29, 1.82) is 0 Å². The smallest absolute Gasteiger partial charge is 0.328 e. The van der Waals surface area contributed by atoms with Crippen molar-refractivity contribution < 1.29 is 9.90 Å². The van der Waals surface area contributed by atoms with Crippen LogP contribution in [-0.4, -0.2) is 20.9 Å². The van der Waals surface area contributed by atoms with Crippen LogP contribution in [-0.2, 0) is 11.8 Å². The van der Waals surface area contributed by atoms with Gasteiger partial charge in [0, 0.05) is 24.9 Å². The Morgan fingerprint density at radius 3 is 2.79 bits per heavy atom. The van der Waals surface area contributed by atoms with Crippen molar-refractivity contribution in [1.82, 2.24) is 9.78 Å². The molecule has 74 valence electrons. The molecule has 14 heavy (non-hydrogen) atoms. The Labute approximate surface area is 82.2 Å². The zero-order valence-corrected chi connectivity index (χ0v) is 8.14. The lowest BCUT2D eigenvalue weighted by Gasteiger charge is -1.83. The minimum Gasteiger partial charge on any atom is -0.478 e. The van der Waals surface area contributed by atoms with Gasteiger partial charge < -0.3 is 5.11 Å². The predicted octanol–water partition coefficient (Wildman–Crippen LogP) is 1.38. The maximum Gasteiger partial charge on any atom is 0.328 e. The van der Waals surface area contributed by atoms with Gasteiger partial charge in [-0.2, -0.15) is 5.10 Å². The van der Waals surface area contributed by atoms with Gasteiger partial charge in [0.1, 0.15) is 0 Å². The van der Waals surface area contributed by atoms with Gasteiger partial charge in [-0.05, 0) is 6.92 Å². The Hall–Kier alpha value is -1.84. The summed E-state index contributed by atoms with van der Waals surface area (Å²) >= 11 is 0. The molecule has 0 saturated heterocycles. The minimum atomic E-state index is -0.947. The highest BCUT2D eigenvalue weighted by Crippen LogP contribution is 2.06. The molecule has 1 N–H and O–H groups in total. The Kier molecular flexibility index (Phi) is 3.23. The van der Waals surface area contributed by atoms with Crippen LogP contribution in [0.15, 0.2) is 24.4 Å². The lowest BCUT2D eigenvalue weighted by atomic mass is 10.2. The summed E-state index contributed by atoms with van der Waals surface area (Å²) in [5.74, 6) is -0.947. The number of aryl methyl sites for hydroxylation is 2. The monoisotopic (exact) mass is 192 g/mol. The standard InChI is InChI=1S/C10H12N2O2/c1-8-9(7-12(2)11-8)5-3-4-6-10(13)14/h3-7H,1-2H3,(H,13,14)/b5-3+,6-4+. The summed E-state index contributed by atoms with van der Waals surface area (Å²) < 4.78 is 1.72. The van der Waals surface area contributed by atoms with E-state index in [0.717, 1.165) is 17.3 Å².